The van der Waals surface area contributed by atoms with Crippen LogP contribution >= 0.6 is 0 Å². The lowest BCUT2D eigenvalue weighted by molar-refractivity contribution is 0.918. The van der Waals surface area contributed by atoms with E-state index in [4.69, 9.17) is 0 Å². The van der Waals surface area contributed by atoms with E-state index in [1.165, 1.54) is 27.8 Å². The summed E-state index contributed by atoms with van der Waals surface area (Å²) in [5.74, 6) is 2.61. The molecule has 5 rings (SSSR count). The first-order valence-electron chi connectivity index (χ1n) is 12.1. The van der Waals surface area contributed by atoms with Gasteiger partial charge < -0.3 is 20.0 Å². The fourth-order valence-electron chi connectivity index (χ4n) is 5.04. The number of aryl methyl sites for hydroxylation is 4. The normalized spacial score (nSPS) is 12.6. The molecule has 0 unspecified atom stereocenters. The van der Waals surface area contributed by atoms with Gasteiger partial charge in [-0.2, -0.15) is 0 Å². The van der Waals surface area contributed by atoms with E-state index in [1.54, 1.807) is 24.8 Å². The van der Waals surface area contributed by atoms with E-state index in [-0.39, 0.29) is 0 Å². The average Bonchev–Trinajstić information content (AvgIpc) is 3.19. The number of hydrogen-bond donors (Lipinski definition) is 1. The molecule has 1 aliphatic rings. The van der Waals surface area contributed by atoms with Crippen LogP contribution in [0, 0.1) is 27.7 Å². The van der Waals surface area contributed by atoms with Crippen molar-refractivity contribution in [3.63, 3.8) is 0 Å². The first-order valence-corrected chi connectivity index (χ1v) is 12.1. The van der Waals surface area contributed by atoms with Crippen molar-refractivity contribution in [3.8, 4) is 11.1 Å². The molecular formula is C28H32N8. The summed E-state index contributed by atoms with van der Waals surface area (Å²) < 4.78 is 0. The highest BCUT2D eigenvalue weighted by Crippen LogP contribution is 2.40. The summed E-state index contributed by atoms with van der Waals surface area (Å²) in [4.78, 5) is 24.5. The van der Waals surface area contributed by atoms with Crippen LogP contribution in [0.3, 0.4) is 0 Å². The standard InChI is InChI=1S/C28H32N8/c1-18-11-19(2)25(20(3)12-18)22-13-23(33-16-34(5)26-21(4)29-7-8-30-26)15-24(14-22)36-17-35(6)27-28(36)32-10-9-31-27/h7-15,33H,16-17H2,1-6H3. The summed E-state index contributed by atoms with van der Waals surface area (Å²) in [6.07, 6.45) is 6.94. The Kier molecular flexibility index (Phi) is 6.18. The number of nitrogens with zero attached hydrogens (tertiary/aromatic N) is 7. The van der Waals surface area contributed by atoms with Crippen LogP contribution in [0.15, 0.2) is 55.1 Å². The highest BCUT2D eigenvalue weighted by atomic mass is 15.4. The van der Waals surface area contributed by atoms with E-state index in [0.29, 0.717) is 13.3 Å². The van der Waals surface area contributed by atoms with E-state index in [2.05, 4.69) is 91.1 Å². The van der Waals surface area contributed by atoms with Gasteiger partial charge in [0.1, 0.15) is 0 Å². The molecule has 8 nitrogen and oxygen atoms in total. The summed E-state index contributed by atoms with van der Waals surface area (Å²) in [6, 6.07) is 11.2. The second-order valence-electron chi connectivity index (χ2n) is 9.51. The Labute approximate surface area is 212 Å². The molecule has 36 heavy (non-hydrogen) atoms. The third-order valence-corrected chi connectivity index (χ3v) is 6.56. The summed E-state index contributed by atoms with van der Waals surface area (Å²) in [5.41, 5.74) is 9.23. The number of fused-ring (bicyclic) bond motifs is 1. The lowest BCUT2D eigenvalue weighted by Gasteiger charge is -2.24. The lowest BCUT2D eigenvalue weighted by Crippen LogP contribution is -2.27. The van der Waals surface area contributed by atoms with Crippen LogP contribution in [0.1, 0.15) is 22.4 Å². The Bertz CT molecular complexity index is 1390. The van der Waals surface area contributed by atoms with Gasteiger partial charge in [0.2, 0.25) is 0 Å². The maximum absolute atomic E-state index is 4.65. The molecule has 184 valence electrons. The highest BCUT2D eigenvalue weighted by molar-refractivity contribution is 5.83. The smallest absolute Gasteiger partial charge is 0.178 e. The van der Waals surface area contributed by atoms with Crippen LogP contribution in [-0.4, -0.2) is 47.4 Å². The maximum Gasteiger partial charge on any atom is 0.178 e. The van der Waals surface area contributed by atoms with Gasteiger partial charge in [0.05, 0.1) is 19.0 Å². The molecule has 0 atom stereocenters. The van der Waals surface area contributed by atoms with Crippen LogP contribution in [0.5, 0.6) is 0 Å². The average molecular weight is 481 g/mol. The number of rotatable bonds is 6. The number of aromatic nitrogens is 4. The van der Waals surface area contributed by atoms with Crippen LogP contribution < -0.4 is 20.0 Å². The van der Waals surface area contributed by atoms with E-state index >= 15 is 0 Å². The van der Waals surface area contributed by atoms with Crippen molar-refractivity contribution in [3.05, 3.63) is 77.5 Å². The first-order chi connectivity index (χ1) is 17.3. The van der Waals surface area contributed by atoms with Gasteiger partial charge in [-0.05, 0) is 68.1 Å². The number of anilines is 5. The molecular weight excluding hydrogens is 448 g/mol. The van der Waals surface area contributed by atoms with E-state index in [9.17, 15) is 0 Å². The molecule has 1 N–H and O–H groups in total. The van der Waals surface area contributed by atoms with Gasteiger partial charge >= 0.3 is 0 Å². The Balaban J connectivity index is 1.55. The Hall–Kier alpha value is -4.20. The minimum Gasteiger partial charge on any atom is -0.368 e. The predicted octanol–water partition coefficient (Wildman–Crippen LogP) is 5.22. The number of benzene rings is 2. The Morgan fingerprint density at radius 1 is 0.833 bits per heavy atom. The number of nitrogens with one attached hydrogen (secondary N) is 1. The third kappa shape index (κ3) is 4.42. The molecule has 4 aromatic rings. The molecule has 0 fully saturated rings. The van der Waals surface area contributed by atoms with E-state index in [1.807, 2.05) is 21.0 Å². The molecule has 0 radical (unpaired) electrons. The van der Waals surface area contributed by atoms with Crippen LogP contribution in [0.4, 0.5) is 28.8 Å². The predicted molar refractivity (Wildman–Crippen MR) is 147 cm³/mol. The highest BCUT2D eigenvalue weighted by Gasteiger charge is 2.27. The van der Waals surface area contributed by atoms with Crippen LogP contribution in [-0.2, 0) is 0 Å². The van der Waals surface area contributed by atoms with Gasteiger partial charge in [-0.1, -0.05) is 17.7 Å². The zero-order valence-electron chi connectivity index (χ0n) is 21.7. The SMILES string of the molecule is Cc1cc(C)c(-c2cc(NCN(C)c3nccnc3C)cc(N3CN(C)c4nccnc43)c2)c(C)c1. The molecule has 8 heteroatoms. The van der Waals surface area contributed by atoms with Crippen molar-refractivity contribution in [1.82, 2.24) is 19.9 Å². The molecule has 0 aliphatic carbocycles. The summed E-state index contributed by atoms with van der Waals surface area (Å²) >= 11 is 0. The van der Waals surface area contributed by atoms with Gasteiger partial charge in [-0.3, -0.25) is 4.98 Å². The van der Waals surface area contributed by atoms with Gasteiger partial charge in [-0.15, -0.1) is 0 Å². The lowest BCUT2D eigenvalue weighted by atomic mass is 9.93. The second kappa shape index (κ2) is 9.45. The van der Waals surface area contributed by atoms with Crippen molar-refractivity contribution in [2.45, 2.75) is 27.7 Å². The fraction of sp³-hybridized carbons (Fsp3) is 0.286. The monoisotopic (exact) mass is 480 g/mol. The molecule has 0 saturated heterocycles. The van der Waals surface area contributed by atoms with Crippen molar-refractivity contribution in [1.29, 1.82) is 0 Å². The zero-order valence-corrected chi connectivity index (χ0v) is 21.7. The topological polar surface area (TPSA) is 73.3 Å². The number of hydrogen-bond acceptors (Lipinski definition) is 8. The fourth-order valence-corrected chi connectivity index (χ4v) is 5.04. The molecule has 0 amide bonds. The third-order valence-electron chi connectivity index (χ3n) is 6.56. The van der Waals surface area contributed by atoms with E-state index in [0.717, 1.165) is 34.5 Å². The van der Waals surface area contributed by atoms with Crippen LogP contribution in [0.25, 0.3) is 11.1 Å². The van der Waals surface area contributed by atoms with E-state index < -0.39 is 0 Å². The van der Waals surface area contributed by atoms with Gasteiger partial charge in [0.15, 0.2) is 17.5 Å². The summed E-state index contributed by atoms with van der Waals surface area (Å²) in [7, 11) is 4.06. The molecule has 3 heterocycles. The molecule has 1 aliphatic heterocycles. The van der Waals surface area contributed by atoms with Crippen molar-refractivity contribution in [2.24, 2.45) is 0 Å². The molecule has 0 bridgehead atoms. The molecule has 2 aromatic carbocycles. The van der Waals surface area contributed by atoms with Crippen molar-refractivity contribution < 1.29 is 0 Å². The second-order valence-corrected chi connectivity index (χ2v) is 9.51. The summed E-state index contributed by atoms with van der Waals surface area (Å²) in [5, 5.41) is 3.61. The summed E-state index contributed by atoms with van der Waals surface area (Å²) in [6.45, 7) is 9.77. The Morgan fingerprint density at radius 3 is 2.22 bits per heavy atom. The maximum atomic E-state index is 4.65. The van der Waals surface area contributed by atoms with Crippen LogP contribution in [0.2, 0.25) is 0 Å². The minimum atomic E-state index is 0.588. The molecule has 2 aromatic heterocycles. The minimum absolute atomic E-state index is 0.588. The molecule has 0 saturated carbocycles. The largest absolute Gasteiger partial charge is 0.368 e. The van der Waals surface area contributed by atoms with Crippen molar-refractivity contribution >= 4 is 28.8 Å². The molecule has 0 spiro atoms. The van der Waals surface area contributed by atoms with Gasteiger partial charge in [0, 0.05) is 50.3 Å². The first kappa shape index (κ1) is 23.5. The quantitative estimate of drug-likeness (QED) is 0.377. The van der Waals surface area contributed by atoms with Crippen molar-refractivity contribution in [2.75, 3.05) is 47.4 Å². The Morgan fingerprint density at radius 2 is 1.50 bits per heavy atom. The van der Waals surface area contributed by atoms with Gasteiger partial charge in [0.25, 0.3) is 0 Å². The van der Waals surface area contributed by atoms with Gasteiger partial charge in [-0.25, -0.2) is 15.0 Å². The zero-order chi connectivity index (χ0) is 25.4.